The van der Waals surface area contributed by atoms with Crippen molar-refractivity contribution < 1.29 is 9.72 Å². The van der Waals surface area contributed by atoms with Gasteiger partial charge in [0.1, 0.15) is 0 Å². The molecule has 0 radical (unpaired) electrons. The number of nitrogens with one attached hydrogen (secondary N) is 1. The molecule has 1 N–H and O–H groups in total. The number of nitro groups is 1. The molecule has 0 spiro atoms. The highest BCUT2D eigenvalue weighted by Gasteiger charge is 2.19. The molecule has 1 heterocycles. The summed E-state index contributed by atoms with van der Waals surface area (Å²) < 4.78 is 1.43. The van der Waals surface area contributed by atoms with Crippen molar-refractivity contribution in [3.63, 3.8) is 0 Å². The van der Waals surface area contributed by atoms with E-state index in [1.165, 1.54) is 22.9 Å². The number of hydrogen-bond acceptors (Lipinski definition) is 7. The summed E-state index contributed by atoms with van der Waals surface area (Å²) in [6.07, 6.45) is 0. The fourth-order valence-corrected chi connectivity index (χ4v) is 3.56. The van der Waals surface area contributed by atoms with Crippen LogP contribution in [0.2, 0.25) is 10.0 Å². The number of carbonyl (C=O) groups is 1. The molecule has 0 fully saturated rings. The first-order valence-electron chi connectivity index (χ1n) is 7.76. The minimum absolute atomic E-state index is 0.132. The highest BCUT2D eigenvalue weighted by molar-refractivity contribution is 7.99. The van der Waals surface area contributed by atoms with Crippen LogP contribution in [0.15, 0.2) is 46.5 Å². The van der Waals surface area contributed by atoms with Crippen LogP contribution in [0.25, 0.3) is 0 Å². The highest BCUT2D eigenvalue weighted by Crippen LogP contribution is 2.31. The van der Waals surface area contributed by atoms with Crippen molar-refractivity contribution in [3.05, 3.63) is 67.7 Å². The van der Waals surface area contributed by atoms with Crippen molar-refractivity contribution in [2.45, 2.75) is 16.6 Å². The van der Waals surface area contributed by atoms with Gasteiger partial charge in [-0.2, -0.15) is 0 Å². The van der Waals surface area contributed by atoms with Crippen molar-refractivity contribution in [2.24, 2.45) is 7.05 Å². The van der Waals surface area contributed by atoms with Crippen LogP contribution < -0.4 is 5.32 Å². The number of aromatic nitrogens is 4. The molecule has 0 aliphatic rings. The molecule has 12 heteroatoms. The zero-order valence-corrected chi connectivity index (χ0v) is 16.6. The largest absolute Gasteiger partial charge is 0.348 e. The third-order valence-electron chi connectivity index (χ3n) is 3.66. The summed E-state index contributed by atoms with van der Waals surface area (Å²) in [6.45, 7) is 0.132. The van der Waals surface area contributed by atoms with Crippen molar-refractivity contribution in [1.82, 2.24) is 25.5 Å². The highest BCUT2D eigenvalue weighted by atomic mass is 35.5. The van der Waals surface area contributed by atoms with E-state index < -0.39 is 10.8 Å². The number of non-ortho nitro benzene ring substituents is 1. The number of nitro benzene ring substituents is 1. The molecule has 9 nitrogen and oxygen atoms in total. The summed E-state index contributed by atoms with van der Waals surface area (Å²) in [7, 11) is 1.65. The Kier molecular flexibility index (Phi) is 6.12. The van der Waals surface area contributed by atoms with Gasteiger partial charge in [-0.3, -0.25) is 14.9 Å². The van der Waals surface area contributed by atoms with E-state index in [2.05, 4.69) is 20.8 Å². The molecular formula is C16H12Cl2N6O3S. The molecule has 2 aromatic carbocycles. The van der Waals surface area contributed by atoms with E-state index in [1.54, 1.807) is 25.2 Å². The van der Waals surface area contributed by atoms with Crippen LogP contribution in [0.1, 0.15) is 15.9 Å². The SMILES string of the molecule is Cn1nnnc1Sc1ccc([N+](=O)[O-])cc1C(=O)NCc1ccc(Cl)cc1Cl. The van der Waals surface area contributed by atoms with Crippen molar-refractivity contribution in [1.29, 1.82) is 0 Å². The smallest absolute Gasteiger partial charge is 0.270 e. The molecule has 3 aromatic rings. The van der Waals surface area contributed by atoms with Gasteiger partial charge >= 0.3 is 0 Å². The molecule has 1 amide bonds. The maximum Gasteiger partial charge on any atom is 0.270 e. The van der Waals surface area contributed by atoms with Crippen LogP contribution in [0.3, 0.4) is 0 Å². The predicted octanol–water partition coefficient (Wildman–Crippen LogP) is 3.51. The van der Waals surface area contributed by atoms with Crippen molar-refractivity contribution >= 4 is 46.6 Å². The number of rotatable bonds is 6. The molecule has 0 aliphatic heterocycles. The first-order valence-corrected chi connectivity index (χ1v) is 9.33. The Balaban J connectivity index is 1.86. The third-order valence-corrected chi connectivity index (χ3v) is 5.35. The summed E-state index contributed by atoms with van der Waals surface area (Å²) in [4.78, 5) is 23.8. The summed E-state index contributed by atoms with van der Waals surface area (Å²) in [5, 5.41) is 26.3. The summed E-state index contributed by atoms with van der Waals surface area (Å²) >= 11 is 13.1. The number of benzene rings is 2. The summed E-state index contributed by atoms with van der Waals surface area (Å²) in [5.41, 5.74) is 0.596. The lowest BCUT2D eigenvalue weighted by Gasteiger charge is -2.10. The molecular weight excluding hydrogens is 427 g/mol. The average molecular weight is 439 g/mol. The fourth-order valence-electron chi connectivity index (χ4n) is 2.24. The quantitative estimate of drug-likeness (QED) is 0.462. The Bertz CT molecular complexity index is 1060. The molecule has 0 atom stereocenters. The number of halogens is 2. The Morgan fingerprint density at radius 3 is 2.71 bits per heavy atom. The second-order valence-corrected chi connectivity index (χ2v) is 7.40. The topological polar surface area (TPSA) is 116 Å². The number of carbonyl (C=O) groups excluding carboxylic acids is 1. The van der Waals surface area contributed by atoms with E-state index in [9.17, 15) is 14.9 Å². The van der Waals surface area contributed by atoms with E-state index >= 15 is 0 Å². The zero-order chi connectivity index (χ0) is 20.3. The van der Waals surface area contributed by atoms with E-state index in [-0.39, 0.29) is 17.8 Å². The molecule has 0 unspecified atom stereocenters. The molecule has 3 rings (SSSR count). The van der Waals surface area contributed by atoms with Gasteiger partial charge in [0.2, 0.25) is 5.16 Å². The van der Waals surface area contributed by atoms with E-state index in [0.717, 1.165) is 11.8 Å². The molecule has 0 saturated heterocycles. The van der Waals surface area contributed by atoms with Gasteiger partial charge in [-0.05, 0) is 46.0 Å². The van der Waals surface area contributed by atoms with Crippen LogP contribution in [-0.4, -0.2) is 31.0 Å². The van der Waals surface area contributed by atoms with E-state index in [1.807, 2.05) is 0 Å². The minimum Gasteiger partial charge on any atom is -0.348 e. The van der Waals surface area contributed by atoms with Gasteiger partial charge in [0.15, 0.2) is 0 Å². The van der Waals surface area contributed by atoms with Gasteiger partial charge in [0, 0.05) is 40.7 Å². The monoisotopic (exact) mass is 438 g/mol. The molecule has 28 heavy (non-hydrogen) atoms. The van der Waals surface area contributed by atoms with Gasteiger partial charge < -0.3 is 5.32 Å². The predicted molar refractivity (Wildman–Crippen MR) is 104 cm³/mol. The number of hydrogen-bond donors (Lipinski definition) is 1. The normalized spacial score (nSPS) is 10.7. The summed E-state index contributed by atoms with van der Waals surface area (Å²) in [5.74, 6) is -0.493. The second kappa shape index (κ2) is 8.55. The van der Waals surface area contributed by atoms with E-state index in [0.29, 0.717) is 25.7 Å². The van der Waals surface area contributed by atoms with Gasteiger partial charge in [0.25, 0.3) is 11.6 Å². The number of nitrogens with zero attached hydrogens (tertiary/aromatic N) is 5. The Hall–Kier alpha value is -2.69. The van der Waals surface area contributed by atoms with E-state index in [4.69, 9.17) is 23.2 Å². The van der Waals surface area contributed by atoms with Crippen LogP contribution in [0.5, 0.6) is 0 Å². The average Bonchev–Trinajstić information content (AvgIpc) is 3.05. The molecule has 0 aliphatic carbocycles. The molecule has 144 valence electrons. The second-order valence-electron chi connectivity index (χ2n) is 5.54. The van der Waals surface area contributed by atoms with Crippen molar-refractivity contribution in [2.75, 3.05) is 0 Å². The zero-order valence-electron chi connectivity index (χ0n) is 14.3. The lowest BCUT2D eigenvalue weighted by Crippen LogP contribution is -2.23. The Morgan fingerprint density at radius 2 is 2.07 bits per heavy atom. The van der Waals surface area contributed by atoms with Crippen LogP contribution >= 0.6 is 35.0 Å². The third kappa shape index (κ3) is 4.58. The Morgan fingerprint density at radius 1 is 1.29 bits per heavy atom. The molecule has 1 aromatic heterocycles. The van der Waals surface area contributed by atoms with Crippen LogP contribution in [-0.2, 0) is 13.6 Å². The standard InChI is InChI=1S/C16H12Cl2N6O3S/c1-23-16(20-21-22-23)28-14-5-4-11(24(26)27)7-12(14)15(25)19-8-9-2-3-10(17)6-13(9)18/h2-7H,8H2,1H3,(H,19,25). The lowest BCUT2D eigenvalue weighted by atomic mass is 10.1. The number of amides is 1. The van der Waals surface area contributed by atoms with Gasteiger partial charge in [-0.25, -0.2) is 4.68 Å². The first-order chi connectivity index (χ1) is 13.3. The van der Waals surface area contributed by atoms with Crippen molar-refractivity contribution in [3.8, 4) is 0 Å². The maximum absolute atomic E-state index is 12.7. The fraction of sp³-hybridized carbons (Fsp3) is 0.125. The van der Waals surface area contributed by atoms with Gasteiger partial charge in [0.05, 0.1) is 10.5 Å². The number of aryl methyl sites for hydroxylation is 1. The summed E-state index contributed by atoms with van der Waals surface area (Å²) in [6, 6.07) is 8.94. The Labute approximate surface area is 173 Å². The number of tetrazole rings is 1. The first kappa shape index (κ1) is 20.1. The minimum atomic E-state index is -0.564. The van der Waals surface area contributed by atoms with Gasteiger partial charge in [-0.15, -0.1) is 5.10 Å². The lowest BCUT2D eigenvalue weighted by molar-refractivity contribution is -0.384. The maximum atomic E-state index is 12.7. The van der Waals surface area contributed by atoms with Crippen LogP contribution in [0.4, 0.5) is 5.69 Å². The van der Waals surface area contributed by atoms with Crippen LogP contribution in [0, 0.1) is 10.1 Å². The molecule has 0 bridgehead atoms. The molecule has 0 saturated carbocycles. The van der Waals surface area contributed by atoms with Gasteiger partial charge in [-0.1, -0.05) is 29.3 Å².